The molecule has 3 heterocycles. The molecule has 1 aromatic heterocycles. The van der Waals surface area contributed by atoms with Crippen LogP contribution in [0, 0.1) is 0 Å². The van der Waals surface area contributed by atoms with Crippen LogP contribution >= 0.6 is 0 Å². The number of aryl methyl sites for hydroxylation is 1. The Labute approximate surface area is 170 Å². The summed E-state index contributed by atoms with van der Waals surface area (Å²) < 4.78 is 5.84. The highest BCUT2D eigenvalue weighted by Gasteiger charge is 2.44. The second-order valence-corrected chi connectivity index (χ2v) is 8.47. The lowest BCUT2D eigenvalue weighted by Crippen LogP contribution is -2.50. The normalized spacial score (nSPS) is 23.9. The molecule has 7 heteroatoms. The van der Waals surface area contributed by atoms with Gasteiger partial charge in [0.25, 0.3) is 0 Å². The van der Waals surface area contributed by atoms with Crippen molar-refractivity contribution >= 4 is 11.9 Å². The predicted molar refractivity (Wildman–Crippen MR) is 109 cm³/mol. The number of ether oxygens (including phenoxy) is 1. The van der Waals surface area contributed by atoms with Crippen molar-refractivity contribution in [3.8, 4) is 5.75 Å². The van der Waals surface area contributed by atoms with Crippen LogP contribution in [0.2, 0.25) is 0 Å². The highest BCUT2D eigenvalue weighted by molar-refractivity contribution is 5.78. The second kappa shape index (κ2) is 7.30. The fraction of sp³-hybridized carbons (Fsp3) is 0.500. The Hall–Kier alpha value is -2.67. The first-order valence-corrected chi connectivity index (χ1v) is 10.5. The molecule has 0 saturated carbocycles. The molecule has 1 unspecified atom stereocenters. The molecule has 2 aromatic rings. The lowest BCUT2D eigenvalue weighted by molar-refractivity contribution is -0.134. The Morgan fingerprint density at radius 3 is 3.03 bits per heavy atom. The Morgan fingerprint density at radius 1 is 1.21 bits per heavy atom. The molecule has 5 rings (SSSR count). The Bertz CT molecular complexity index is 929. The number of fused-ring (bicyclic) bond motifs is 3. The van der Waals surface area contributed by atoms with Crippen molar-refractivity contribution in [3.63, 3.8) is 0 Å². The zero-order valence-corrected chi connectivity index (χ0v) is 16.6. The van der Waals surface area contributed by atoms with Gasteiger partial charge in [-0.25, -0.2) is 9.97 Å². The van der Waals surface area contributed by atoms with E-state index in [4.69, 9.17) is 10.5 Å². The molecular weight excluding hydrogens is 366 g/mol. The van der Waals surface area contributed by atoms with Crippen molar-refractivity contribution in [3.05, 3.63) is 47.3 Å². The number of aromatic nitrogens is 2. The molecule has 2 aliphatic heterocycles. The average Bonchev–Trinajstić information content (AvgIpc) is 2.93. The van der Waals surface area contributed by atoms with Crippen molar-refractivity contribution in [1.29, 1.82) is 0 Å². The number of amides is 1. The maximum absolute atomic E-state index is 13.2. The number of nitrogens with two attached hydrogens (primary N) is 1. The summed E-state index contributed by atoms with van der Waals surface area (Å²) in [4.78, 5) is 26.2. The number of benzene rings is 1. The van der Waals surface area contributed by atoms with E-state index in [1.165, 1.54) is 5.56 Å². The molecular formula is C22H27N5O2. The van der Waals surface area contributed by atoms with E-state index in [9.17, 15) is 4.79 Å². The number of piperidine rings is 1. The highest BCUT2D eigenvalue weighted by Crippen LogP contribution is 2.44. The lowest BCUT2D eigenvalue weighted by atomic mass is 9.77. The number of nitrogen functional groups attached to an aromatic ring is 1. The van der Waals surface area contributed by atoms with Gasteiger partial charge in [-0.1, -0.05) is 18.2 Å². The second-order valence-electron chi connectivity index (χ2n) is 8.47. The fourth-order valence-corrected chi connectivity index (χ4v) is 5.10. The smallest absolute Gasteiger partial charge is 0.236 e. The van der Waals surface area contributed by atoms with Crippen molar-refractivity contribution < 1.29 is 9.53 Å². The topological polar surface area (TPSA) is 84.6 Å². The van der Waals surface area contributed by atoms with Crippen LogP contribution in [-0.4, -0.2) is 58.5 Å². The van der Waals surface area contributed by atoms with Gasteiger partial charge in [-0.2, -0.15) is 0 Å². The molecule has 1 fully saturated rings. The standard InChI is InChI=1S/C22H27N5O2/c23-21-24-12-16-6-8-22(20(16)25-21)7-3-9-27(15-22)19(28)14-26-10-11-29-18-5-2-1-4-17(18)13-26/h1-2,4-5,12H,3,6-11,13-15H2,(H2,23,24,25). The number of anilines is 1. The summed E-state index contributed by atoms with van der Waals surface area (Å²) >= 11 is 0. The molecule has 1 amide bonds. The SMILES string of the molecule is Nc1ncc2c(n1)C1(CCCN(C(=O)CN3CCOc4ccccc4C3)C1)CC2. The summed E-state index contributed by atoms with van der Waals surface area (Å²) in [6.45, 7) is 4.08. The molecule has 1 spiro atoms. The van der Waals surface area contributed by atoms with Crippen LogP contribution in [-0.2, 0) is 23.2 Å². The number of carbonyl (C=O) groups is 1. The van der Waals surface area contributed by atoms with E-state index in [1.54, 1.807) is 0 Å². The van der Waals surface area contributed by atoms with Crippen molar-refractivity contribution in [1.82, 2.24) is 19.8 Å². The van der Waals surface area contributed by atoms with Crippen molar-refractivity contribution in [2.24, 2.45) is 0 Å². The maximum atomic E-state index is 13.2. The number of hydrogen-bond acceptors (Lipinski definition) is 6. The third kappa shape index (κ3) is 3.44. The van der Waals surface area contributed by atoms with Crippen LogP contribution in [0.4, 0.5) is 5.95 Å². The number of likely N-dealkylation sites (tertiary alicyclic amines) is 1. The van der Waals surface area contributed by atoms with Crippen molar-refractivity contribution in [2.45, 2.75) is 37.6 Å². The van der Waals surface area contributed by atoms with Gasteiger partial charge in [-0.05, 0) is 37.3 Å². The molecule has 1 aliphatic carbocycles. The van der Waals surface area contributed by atoms with Crippen molar-refractivity contribution in [2.75, 3.05) is 38.5 Å². The minimum atomic E-state index is -0.0607. The van der Waals surface area contributed by atoms with Crippen LogP contribution in [0.5, 0.6) is 5.75 Å². The van der Waals surface area contributed by atoms with E-state index in [2.05, 4.69) is 20.9 Å². The molecule has 7 nitrogen and oxygen atoms in total. The van der Waals surface area contributed by atoms with Gasteiger partial charge in [0.15, 0.2) is 0 Å². The first kappa shape index (κ1) is 18.4. The predicted octanol–water partition coefficient (Wildman–Crippen LogP) is 1.76. The van der Waals surface area contributed by atoms with Crippen LogP contribution < -0.4 is 10.5 Å². The first-order chi connectivity index (χ1) is 14.1. The molecule has 29 heavy (non-hydrogen) atoms. The molecule has 1 atom stereocenters. The van der Waals surface area contributed by atoms with Gasteiger partial charge in [0.2, 0.25) is 11.9 Å². The molecule has 2 N–H and O–H groups in total. The molecule has 152 valence electrons. The maximum Gasteiger partial charge on any atom is 0.236 e. The highest BCUT2D eigenvalue weighted by atomic mass is 16.5. The van der Waals surface area contributed by atoms with Crippen LogP contribution in [0.1, 0.15) is 36.1 Å². The lowest BCUT2D eigenvalue weighted by Gasteiger charge is -2.41. The van der Waals surface area contributed by atoms with Crippen LogP contribution in [0.15, 0.2) is 30.5 Å². The Balaban J connectivity index is 1.30. The van der Waals surface area contributed by atoms with E-state index in [0.29, 0.717) is 19.1 Å². The van der Waals surface area contributed by atoms with Gasteiger partial charge < -0.3 is 15.4 Å². The largest absolute Gasteiger partial charge is 0.492 e. The van der Waals surface area contributed by atoms with E-state index in [-0.39, 0.29) is 11.3 Å². The number of nitrogens with zero attached hydrogens (tertiary/aromatic N) is 4. The number of para-hydroxylation sites is 1. The first-order valence-electron chi connectivity index (χ1n) is 10.5. The van der Waals surface area contributed by atoms with Crippen LogP contribution in [0.25, 0.3) is 0 Å². The van der Waals surface area contributed by atoms with Gasteiger partial charge in [0.05, 0.1) is 12.2 Å². The molecule has 1 aromatic carbocycles. The molecule has 0 bridgehead atoms. The minimum Gasteiger partial charge on any atom is -0.492 e. The van der Waals surface area contributed by atoms with E-state index in [1.807, 2.05) is 29.3 Å². The summed E-state index contributed by atoms with van der Waals surface area (Å²) in [6.07, 6.45) is 5.92. The number of carbonyl (C=O) groups excluding carboxylic acids is 1. The van der Waals surface area contributed by atoms with E-state index < -0.39 is 0 Å². The quantitative estimate of drug-likeness (QED) is 0.837. The molecule has 3 aliphatic rings. The third-order valence-electron chi connectivity index (χ3n) is 6.58. The van der Waals surface area contributed by atoms with E-state index in [0.717, 1.165) is 68.9 Å². The summed E-state index contributed by atoms with van der Waals surface area (Å²) in [5.74, 6) is 1.45. The summed E-state index contributed by atoms with van der Waals surface area (Å²) in [5, 5.41) is 0. The van der Waals surface area contributed by atoms with Gasteiger partial charge >= 0.3 is 0 Å². The Morgan fingerprint density at radius 2 is 2.10 bits per heavy atom. The summed E-state index contributed by atoms with van der Waals surface area (Å²) in [5.41, 5.74) is 9.21. The zero-order valence-electron chi connectivity index (χ0n) is 16.6. The number of rotatable bonds is 2. The molecule has 0 radical (unpaired) electrons. The summed E-state index contributed by atoms with van der Waals surface area (Å²) in [6, 6.07) is 8.09. The molecule has 1 saturated heterocycles. The van der Waals surface area contributed by atoms with Gasteiger partial charge in [-0.3, -0.25) is 9.69 Å². The Kier molecular flexibility index (Phi) is 4.62. The summed E-state index contributed by atoms with van der Waals surface area (Å²) in [7, 11) is 0. The van der Waals surface area contributed by atoms with Gasteiger partial charge in [-0.15, -0.1) is 0 Å². The van der Waals surface area contributed by atoms with Gasteiger partial charge in [0.1, 0.15) is 12.4 Å². The third-order valence-corrected chi connectivity index (χ3v) is 6.58. The zero-order chi connectivity index (χ0) is 19.8. The monoisotopic (exact) mass is 393 g/mol. The fourth-order valence-electron chi connectivity index (χ4n) is 5.10. The minimum absolute atomic E-state index is 0.0607. The van der Waals surface area contributed by atoms with Crippen LogP contribution in [0.3, 0.4) is 0 Å². The average molecular weight is 393 g/mol. The van der Waals surface area contributed by atoms with E-state index >= 15 is 0 Å². The number of hydrogen-bond donors (Lipinski definition) is 1. The van der Waals surface area contributed by atoms with Gasteiger partial charge in [0, 0.05) is 43.4 Å².